The van der Waals surface area contributed by atoms with Gasteiger partial charge in [0.05, 0.1) is 0 Å². The Morgan fingerprint density at radius 2 is 2.00 bits per heavy atom. The van der Waals surface area contributed by atoms with Crippen LogP contribution >= 0.6 is 22.6 Å². The SMILES string of the molecule is N#CCOc1ccccc1CNc1cccc(I)c1. The van der Waals surface area contributed by atoms with Gasteiger partial charge in [0.2, 0.25) is 0 Å². The first-order valence-electron chi connectivity index (χ1n) is 5.86. The molecule has 2 aromatic carbocycles. The van der Waals surface area contributed by atoms with E-state index in [9.17, 15) is 0 Å². The second kappa shape index (κ2) is 7.00. The smallest absolute Gasteiger partial charge is 0.174 e. The van der Waals surface area contributed by atoms with Crippen molar-refractivity contribution in [3.63, 3.8) is 0 Å². The second-order valence-corrected chi connectivity index (χ2v) is 5.16. The summed E-state index contributed by atoms with van der Waals surface area (Å²) in [5.41, 5.74) is 2.11. The Morgan fingerprint density at radius 3 is 2.79 bits per heavy atom. The first-order chi connectivity index (χ1) is 9.29. The molecule has 0 saturated carbocycles. The molecule has 0 spiro atoms. The first kappa shape index (κ1) is 13.7. The zero-order valence-corrected chi connectivity index (χ0v) is 12.4. The number of nitriles is 1. The van der Waals surface area contributed by atoms with Crippen LogP contribution < -0.4 is 10.1 Å². The summed E-state index contributed by atoms with van der Waals surface area (Å²) < 4.78 is 6.59. The van der Waals surface area contributed by atoms with Crippen molar-refractivity contribution >= 4 is 28.3 Å². The number of nitrogens with one attached hydrogen (secondary N) is 1. The Balaban J connectivity index is 2.05. The number of rotatable bonds is 5. The molecule has 2 aromatic rings. The van der Waals surface area contributed by atoms with Gasteiger partial charge in [-0.1, -0.05) is 24.3 Å². The number of hydrogen-bond donors (Lipinski definition) is 1. The zero-order valence-electron chi connectivity index (χ0n) is 10.3. The van der Waals surface area contributed by atoms with Gasteiger partial charge in [0, 0.05) is 21.4 Å². The van der Waals surface area contributed by atoms with Crippen LogP contribution in [0.2, 0.25) is 0 Å². The van der Waals surface area contributed by atoms with E-state index in [1.165, 1.54) is 3.57 Å². The summed E-state index contributed by atoms with van der Waals surface area (Å²) in [7, 11) is 0. The first-order valence-corrected chi connectivity index (χ1v) is 6.94. The van der Waals surface area contributed by atoms with Gasteiger partial charge >= 0.3 is 0 Å². The fourth-order valence-corrected chi connectivity index (χ4v) is 2.24. The third-order valence-electron chi connectivity index (χ3n) is 2.57. The number of ether oxygens (including phenoxy) is 1. The normalized spacial score (nSPS) is 9.68. The third-order valence-corrected chi connectivity index (χ3v) is 3.24. The van der Waals surface area contributed by atoms with Gasteiger partial charge in [-0.15, -0.1) is 0 Å². The van der Waals surface area contributed by atoms with E-state index in [1.54, 1.807) is 0 Å². The minimum absolute atomic E-state index is 0.0697. The quantitative estimate of drug-likeness (QED) is 0.821. The third kappa shape index (κ3) is 4.14. The molecule has 0 aliphatic carbocycles. The molecule has 0 aliphatic rings. The Morgan fingerprint density at radius 1 is 1.16 bits per heavy atom. The standard InChI is InChI=1S/C15H13IN2O/c16-13-5-3-6-14(10-13)18-11-12-4-1-2-7-15(12)19-9-8-17/h1-7,10,18H,9,11H2. The molecule has 19 heavy (non-hydrogen) atoms. The summed E-state index contributed by atoms with van der Waals surface area (Å²) >= 11 is 2.28. The molecule has 0 atom stereocenters. The van der Waals surface area contributed by atoms with Gasteiger partial charge < -0.3 is 10.1 Å². The number of para-hydroxylation sites is 1. The van der Waals surface area contributed by atoms with Crippen LogP contribution in [0.4, 0.5) is 5.69 Å². The Hall–Kier alpha value is -1.74. The maximum atomic E-state index is 8.57. The van der Waals surface area contributed by atoms with E-state index >= 15 is 0 Å². The lowest BCUT2D eigenvalue weighted by atomic mass is 10.2. The van der Waals surface area contributed by atoms with E-state index < -0.39 is 0 Å². The maximum Gasteiger partial charge on any atom is 0.174 e. The van der Waals surface area contributed by atoms with E-state index in [1.807, 2.05) is 42.5 Å². The highest BCUT2D eigenvalue weighted by Gasteiger charge is 2.02. The van der Waals surface area contributed by atoms with Crippen LogP contribution in [0.3, 0.4) is 0 Å². The van der Waals surface area contributed by atoms with Gasteiger partial charge in [-0.2, -0.15) is 5.26 Å². The topological polar surface area (TPSA) is 45.0 Å². The van der Waals surface area contributed by atoms with Crippen molar-refractivity contribution in [2.24, 2.45) is 0 Å². The number of halogens is 1. The largest absolute Gasteiger partial charge is 0.478 e. The van der Waals surface area contributed by atoms with Gasteiger partial charge in [-0.05, 0) is 46.9 Å². The molecule has 0 aromatic heterocycles. The number of hydrogen-bond acceptors (Lipinski definition) is 3. The molecular formula is C15H13IN2O. The lowest BCUT2D eigenvalue weighted by Gasteiger charge is -2.11. The van der Waals surface area contributed by atoms with E-state index in [0.717, 1.165) is 17.0 Å². The van der Waals surface area contributed by atoms with Crippen molar-refractivity contribution in [3.05, 3.63) is 57.7 Å². The van der Waals surface area contributed by atoms with Crippen LogP contribution in [0.15, 0.2) is 48.5 Å². The minimum atomic E-state index is 0.0697. The molecule has 0 aliphatic heterocycles. The van der Waals surface area contributed by atoms with Crippen molar-refractivity contribution < 1.29 is 4.74 Å². The molecule has 2 rings (SSSR count). The predicted molar refractivity (Wildman–Crippen MR) is 84.0 cm³/mol. The highest BCUT2D eigenvalue weighted by molar-refractivity contribution is 14.1. The predicted octanol–water partition coefficient (Wildman–Crippen LogP) is 3.81. The fourth-order valence-electron chi connectivity index (χ4n) is 1.70. The summed E-state index contributed by atoms with van der Waals surface area (Å²) in [6, 6.07) is 17.9. The zero-order chi connectivity index (χ0) is 13.5. The van der Waals surface area contributed by atoms with Crippen molar-refractivity contribution in [3.8, 4) is 11.8 Å². The summed E-state index contributed by atoms with van der Waals surface area (Å²) in [6.45, 7) is 0.738. The van der Waals surface area contributed by atoms with Crippen LogP contribution in [0, 0.1) is 14.9 Å². The van der Waals surface area contributed by atoms with E-state index in [-0.39, 0.29) is 6.61 Å². The molecule has 0 bridgehead atoms. The van der Waals surface area contributed by atoms with Crippen LogP contribution in [-0.4, -0.2) is 6.61 Å². The molecule has 0 saturated heterocycles. The summed E-state index contributed by atoms with van der Waals surface area (Å²) in [4.78, 5) is 0. The summed E-state index contributed by atoms with van der Waals surface area (Å²) in [5, 5.41) is 11.9. The van der Waals surface area contributed by atoms with Gasteiger partial charge in [0.15, 0.2) is 6.61 Å². The van der Waals surface area contributed by atoms with Crippen LogP contribution in [0.1, 0.15) is 5.56 Å². The van der Waals surface area contributed by atoms with E-state index in [2.05, 4.69) is 40.0 Å². The van der Waals surface area contributed by atoms with Gasteiger partial charge in [0.1, 0.15) is 11.8 Å². The maximum absolute atomic E-state index is 8.57. The average molecular weight is 364 g/mol. The monoisotopic (exact) mass is 364 g/mol. The number of nitrogens with zero attached hydrogens (tertiary/aromatic N) is 1. The molecule has 96 valence electrons. The molecule has 0 heterocycles. The molecule has 3 nitrogen and oxygen atoms in total. The van der Waals surface area contributed by atoms with Crippen molar-refractivity contribution in [2.75, 3.05) is 11.9 Å². The van der Waals surface area contributed by atoms with Crippen LogP contribution in [0.5, 0.6) is 5.75 Å². The van der Waals surface area contributed by atoms with Crippen molar-refractivity contribution in [2.45, 2.75) is 6.54 Å². The molecule has 0 amide bonds. The number of benzene rings is 2. The minimum Gasteiger partial charge on any atom is -0.478 e. The Labute approximate surface area is 126 Å². The average Bonchev–Trinajstić information content (AvgIpc) is 2.44. The van der Waals surface area contributed by atoms with Crippen molar-refractivity contribution in [1.29, 1.82) is 5.26 Å². The number of anilines is 1. The van der Waals surface area contributed by atoms with Gasteiger partial charge in [-0.25, -0.2) is 0 Å². The second-order valence-electron chi connectivity index (χ2n) is 3.92. The van der Waals surface area contributed by atoms with Crippen LogP contribution in [0.25, 0.3) is 0 Å². The fraction of sp³-hybridized carbons (Fsp3) is 0.133. The van der Waals surface area contributed by atoms with E-state index in [0.29, 0.717) is 6.54 Å². The highest BCUT2D eigenvalue weighted by atomic mass is 127. The summed E-state index contributed by atoms with van der Waals surface area (Å²) in [6.07, 6.45) is 0. The highest BCUT2D eigenvalue weighted by Crippen LogP contribution is 2.20. The lowest BCUT2D eigenvalue weighted by Crippen LogP contribution is -2.03. The van der Waals surface area contributed by atoms with Gasteiger partial charge in [0.25, 0.3) is 0 Å². The lowest BCUT2D eigenvalue weighted by molar-refractivity contribution is 0.364. The summed E-state index contributed by atoms with van der Waals surface area (Å²) in [5.74, 6) is 0.752. The van der Waals surface area contributed by atoms with Crippen LogP contribution in [-0.2, 0) is 6.54 Å². The Bertz CT molecular complexity index is 593. The molecule has 0 unspecified atom stereocenters. The molecule has 4 heteroatoms. The van der Waals surface area contributed by atoms with Gasteiger partial charge in [-0.3, -0.25) is 0 Å². The molecule has 0 fully saturated rings. The molecular weight excluding hydrogens is 351 g/mol. The molecule has 1 N–H and O–H groups in total. The van der Waals surface area contributed by atoms with Crippen molar-refractivity contribution in [1.82, 2.24) is 0 Å². The van der Waals surface area contributed by atoms with E-state index in [4.69, 9.17) is 10.00 Å². The molecule has 0 radical (unpaired) electrons. The Kier molecular flexibility index (Phi) is 5.04.